The molecule has 1 aromatic carbocycles. The van der Waals surface area contributed by atoms with Crippen LogP contribution in [0.5, 0.6) is 0 Å². The first-order valence-corrected chi connectivity index (χ1v) is 6.52. The van der Waals surface area contributed by atoms with Crippen LogP contribution >= 0.6 is 11.6 Å². The van der Waals surface area contributed by atoms with E-state index in [4.69, 9.17) is 16.3 Å². The Kier molecular flexibility index (Phi) is 4.81. The molecule has 1 heterocycles. The lowest BCUT2D eigenvalue weighted by atomic mass is 10.2. The third-order valence-electron chi connectivity index (χ3n) is 2.69. The summed E-state index contributed by atoms with van der Waals surface area (Å²) in [5.74, 6) is 5.00. The monoisotopic (exact) mass is 301 g/mol. The number of aryl methyl sites for hydroxylation is 1. The van der Waals surface area contributed by atoms with Gasteiger partial charge in [-0.15, -0.1) is 0 Å². The number of hydrogen-bond donors (Lipinski definition) is 0. The van der Waals surface area contributed by atoms with Crippen LogP contribution in [0.4, 0.5) is 0 Å². The van der Waals surface area contributed by atoms with Gasteiger partial charge in [0, 0.05) is 29.9 Å². The van der Waals surface area contributed by atoms with Gasteiger partial charge in [-0.05, 0) is 30.3 Å². The molecule has 0 aliphatic heterocycles. The molecule has 2 aromatic rings. The molecule has 2 rings (SSSR count). The maximum atomic E-state index is 11.7. The fourth-order valence-electron chi connectivity index (χ4n) is 1.53. The zero-order valence-corrected chi connectivity index (χ0v) is 12.1. The van der Waals surface area contributed by atoms with Gasteiger partial charge in [0.15, 0.2) is 6.61 Å². The number of carbonyl (C=O) groups excluding carboxylic acids is 1. The van der Waals surface area contributed by atoms with Crippen LogP contribution in [0.25, 0.3) is 0 Å². The van der Waals surface area contributed by atoms with Crippen molar-refractivity contribution in [2.75, 3.05) is 6.61 Å². The maximum absolute atomic E-state index is 11.7. The average molecular weight is 302 g/mol. The van der Waals surface area contributed by atoms with Crippen molar-refractivity contribution in [1.82, 2.24) is 4.57 Å². The molecule has 0 saturated heterocycles. The maximum Gasteiger partial charge on any atom is 0.339 e. The van der Waals surface area contributed by atoms with Crippen molar-refractivity contribution < 1.29 is 9.53 Å². The number of hydrogen-bond acceptors (Lipinski definition) is 3. The molecule has 0 N–H and O–H groups in total. The Morgan fingerprint density at radius 1 is 1.29 bits per heavy atom. The lowest BCUT2D eigenvalue weighted by Gasteiger charge is -2.01. The first-order chi connectivity index (χ1) is 10.1. The second-order valence-corrected chi connectivity index (χ2v) is 4.69. The van der Waals surface area contributed by atoms with E-state index in [0.717, 1.165) is 5.56 Å². The standard InChI is InChI=1S/C16H12ClNO3/c1-18-9-8-13(11-15(18)19)16(20)21-10-2-3-12-4-6-14(17)7-5-12/h4-9,11H,10H2,1H3. The summed E-state index contributed by atoms with van der Waals surface area (Å²) < 4.78 is 6.35. The second kappa shape index (κ2) is 6.78. The van der Waals surface area contributed by atoms with Crippen molar-refractivity contribution in [3.63, 3.8) is 0 Å². The van der Waals surface area contributed by atoms with Gasteiger partial charge >= 0.3 is 5.97 Å². The molecule has 4 nitrogen and oxygen atoms in total. The summed E-state index contributed by atoms with van der Waals surface area (Å²) >= 11 is 5.76. The molecule has 0 amide bonds. The summed E-state index contributed by atoms with van der Waals surface area (Å²) in [5.41, 5.74) is 0.729. The van der Waals surface area contributed by atoms with Crippen LogP contribution in [-0.2, 0) is 11.8 Å². The number of nitrogens with zero attached hydrogens (tertiary/aromatic N) is 1. The van der Waals surface area contributed by atoms with E-state index >= 15 is 0 Å². The van der Waals surface area contributed by atoms with Crippen molar-refractivity contribution >= 4 is 17.6 Å². The molecule has 0 bridgehead atoms. The Labute approximate surface area is 126 Å². The van der Waals surface area contributed by atoms with E-state index in [1.807, 2.05) is 0 Å². The SMILES string of the molecule is Cn1ccc(C(=O)OCC#Cc2ccc(Cl)cc2)cc1=O. The lowest BCUT2D eigenvalue weighted by molar-refractivity contribution is 0.0556. The number of pyridine rings is 1. The predicted molar refractivity (Wildman–Crippen MR) is 80.3 cm³/mol. The fraction of sp³-hybridized carbons (Fsp3) is 0.125. The van der Waals surface area contributed by atoms with Gasteiger partial charge in [-0.25, -0.2) is 4.79 Å². The summed E-state index contributed by atoms with van der Waals surface area (Å²) in [6, 6.07) is 9.77. The van der Waals surface area contributed by atoms with E-state index < -0.39 is 5.97 Å². The van der Waals surface area contributed by atoms with E-state index in [-0.39, 0.29) is 17.7 Å². The number of aromatic nitrogens is 1. The van der Waals surface area contributed by atoms with Gasteiger partial charge in [-0.3, -0.25) is 4.79 Å². The quantitative estimate of drug-likeness (QED) is 0.631. The molecule has 21 heavy (non-hydrogen) atoms. The number of benzene rings is 1. The summed E-state index contributed by atoms with van der Waals surface area (Å²) in [4.78, 5) is 23.1. The van der Waals surface area contributed by atoms with Crippen LogP contribution in [-0.4, -0.2) is 17.1 Å². The molecule has 5 heteroatoms. The smallest absolute Gasteiger partial charge is 0.339 e. The highest BCUT2D eigenvalue weighted by Crippen LogP contribution is 2.08. The van der Waals surface area contributed by atoms with Gasteiger partial charge in [0.25, 0.3) is 5.56 Å². The van der Waals surface area contributed by atoms with Gasteiger partial charge in [-0.2, -0.15) is 0 Å². The van der Waals surface area contributed by atoms with Crippen LogP contribution in [0.1, 0.15) is 15.9 Å². The molecule has 0 spiro atoms. The molecule has 0 fully saturated rings. The largest absolute Gasteiger partial charge is 0.449 e. The highest BCUT2D eigenvalue weighted by atomic mass is 35.5. The van der Waals surface area contributed by atoms with Gasteiger partial charge in [0.1, 0.15) is 0 Å². The zero-order chi connectivity index (χ0) is 15.2. The third kappa shape index (κ3) is 4.23. The number of halogens is 1. The van der Waals surface area contributed by atoms with Crippen molar-refractivity contribution in [3.8, 4) is 11.8 Å². The van der Waals surface area contributed by atoms with Crippen molar-refractivity contribution in [2.24, 2.45) is 7.05 Å². The molecule has 0 saturated carbocycles. The van der Waals surface area contributed by atoms with Crippen LogP contribution < -0.4 is 5.56 Å². The third-order valence-corrected chi connectivity index (χ3v) is 2.94. The first-order valence-electron chi connectivity index (χ1n) is 6.14. The minimum Gasteiger partial charge on any atom is -0.449 e. The molecular formula is C16H12ClNO3. The summed E-state index contributed by atoms with van der Waals surface area (Å²) in [6.07, 6.45) is 1.51. The highest BCUT2D eigenvalue weighted by Gasteiger charge is 2.07. The summed E-state index contributed by atoms with van der Waals surface area (Å²) in [6.45, 7) is -0.0450. The highest BCUT2D eigenvalue weighted by molar-refractivity contribution is 6.30. The zero-order valence-electron chi connectivity index (χ0n) is 11.3. The molecule has 0 atom stereocenters. The molecule has 0 aliphatic carbocycles. The van der Waals surface area contributed by atoms with Crippen LogP contribution in [0, 0.1) is 11.8 Å². The fourth-order valence-corrected chi connectivity index (χ4v) is 1.66. The van der Waals surface area contributed by atoms with Crippen LogP contribution in [0.2, 0.25) is 5.02 Å². The minimum atomic E-state index is -0.571. The summed E-state index contributed by atoms with van der Waals surface area (Å²) in [7, 11) is 1.61. The van der Waals surface area contributed by atoms with Crippen molar-refractivity contribution in [1.29, 1.82) is 0 Å². The van der Waals surface area contributed by atoms with Crippen LogP contribution in [0.15, 0.2) is 47.4 Å². The molecular weight excluding hydrogens is 290 g/mol. The number of rotatable bonds is 2. The Bertz CT molecular complexity index is 767. The van der Waals surface area contributed by atoms with Crippen molar-refractivity contribution in [3.05, 3.63) is 69.1 Å². The average Bonchev–Trinajstić information content (AvgIpc) is 2.48. The molecule has 0 aliphatic rings. The first kappa shape index (κ1) is 14.9. The van der Waals surface area contributed by atoms with E-state index in [9.17, 15) is 9.59 Å². The molecule has 0 unspecified atom stereocenters. The van der Waals surface area contributed by atoms with E-state index in [1.54, 1.807) is 31.3 Å². The Hall–Kier alpha value is -2.51. The second-order valence-electron chi connectivity index (χ2n) is 4.25. The van der Waals surface area contributed by atoms with E-state index in [1.165, 1.54) is 22.9 Å². The number of carbonyl (C=O) groups is 1. The summed E-state index contributed by atoms with van der Waals surface area (Å²) in [5, 5.41) is 0.637. The molecule has 106 valence electrons. The molecule has 1 aromatic heterocycles. The van der Waals surface area contributed by atoms with Crippen LogP contribution in [0.3, 0.4) is 0 Å². The van der Waals surface area contributed by atoms with E-state index in [2.05, 4.69) is 11.8 Å². The number of esters is 1. The number of ether oxygens (including phenoxy) is 1. The normalized spacial score (nSPS) is 9.62. The van der Waals surface area contributed by atoms with Crippen molar-refractivity contribution in [2.45, 2.75) is 0 Å². The Morgan fingerprint density at radius 3 is 2.67 bits per heavy atom. The van der Waals surface area contributed by atoms with Gasteiger partial charge in [-0.1, -0.05) is 23.4 Å². The topological polar surface area (TPSA) is 48.3 Å². The van der Waals surface area contributed by atoms with Gasteiger partial charge < -0.3 is 9.30 Å². The Morgan fingerprint density at radius 2 is 2.00 bits per heavy atom. The van der Waals surface area contributed by atoms with E-state index in [0.29, 0.717) is 5.02 Å². The van der Waals surface area contributed by atoms with Gasteiger partial charge in [0.05, 0.1) is 5.56 Å². The Balaban J connectivity index is 1.94. The van der Waals surface area contributed by atoms with Gasteiger partial charge in [0.2, 0.25) is 0 Å². The lowest BCUT2D eigenvalue weighted by Crippen LogP contribution is -2.17. The molecule has 0 radical (unpaired) electrons. The predicted octanol–water partition coefficient (Wildman–Crippen LogP) is 2.25. The minimum absolute atomic E-state index is 0.0450.